The number of aromatic nitrogens is 1. The smallest absolute Gasteiger partial charge is 0.129 e. The van der Waals surface area contributed by atoms with Crippen LogP contribution in [0.3, 0.4) is 0 Å². The molecule has 0 aliphatic carbocycles. The van der Waals surface area contributed by atoms with Crippen LogP contribution in [-0.2, 0) is 6.42 Å². The molecule has 1 N–H and O–H groups in total. The van der Waals surface area contributed by atoms with E-state index in [2.05, 4.69) is 10.3 Å². The van der Waals surface area contributed by atoms with Crippen LogP contribution in [-0.4, -0.2) is 11.5 Å². The highest BCUT2D eigenvalue weighted by Gasteiger charge is 2.19. The summed E-state index contributed by atoms with van der Waals surface area (Å²) in [5.41, 5.74) is 1.52. The van der Waals surface area contributed by atoms with Crippen molar-refractivity contribution < 1.29 is 4.39 Å². The average molecular weight is 299 g/mol. The Morgan fingerprint density at radius 3 is 2.84 bits per heavy atom. The van der Waals surface area contributed by atoms with Gasteiger partial charge in [0, 0.05) is 34.1 Å². The predicted octanol–water partition coefficient (Wildman–Crippen LogP) is 4.14. The fraction of sp³-hybridized carbons (Fsp3) is 0.357. The van der Waals surface area contributed by atoms with Gasteiger partial charge < -0.3 is 5.32 Å². The maximum Gasteiger partial charge on any atom is 0.129 e. The van der Waals surface area contributed by atoms with E-state index in [0.29, 0.717) is 17.0 Å². The third kappa shape index (κ3) is 3.53. The van der Waals surface area contributed by atoms with Gasteiger partial charge in [0.05, 0.1) is 5.01 Å². The molecular weight excluding hydrogens is 283 g/mol. The van der Waals surface area contributed by atoms with Crippen molar-refractivity contribution in [1.29, 1.82) is 0 Å². The number of thiazole rings is 1. The number of likely N-dealkylation sites (N-methyl/N-ethyl adjacent to an activating group) is 1. The van der Waals surface area contributed by atoms with E-state index in [0.717, 1.165) is 17.2 Å². The molecule has 5 heteroatoms. The fourth-order valence-corrected chi connectivity index (χ4v) is 3.15. The quantitative estimate of drug-likeness (QED) is 0.897. The van der Waals surface area contributed by atoms with Gasteiger partial charge in [0.15, 0.2) is 0 Å². The lowest BCUT2D eigenvalue weighted by atomic mass is 10.0. The SMILES string of the molecule is CCNC(Cc1nc(C)cs1)c1c(F)cccc1Cl. The zero-order valence-corrected chi connectivity index (χ0v) is 12.5. The van der Waals surface area contributed by atoms with Crippen LogP contribution < -0.4 is 5.32 Å². The first-order valence-electron chi connectivity index (χ1n) is 6.20. The molecular formula is C14H16ClFN2S. The minimum atomic E-state index is -0.272. The van der Waals surface area contributed by atoms with Crippen molar-refractivity contribution in [3.63, 3.8) is 0 Å². The van der Waals surface area contributed by atoms with Crippen molar-refractivity contribution in [2.45, 2.75) is 26.3 Å². The maximum atomic E-state index is 14.0. The van der Waals surface area contributed by atoms with E-state index < -0.39 is 0 Å². The molecule has 0 amide bonds. The Morgan fingerprint density at radius 1 is 1.47 bits per heavy atom. The summed E-state index contributed by atoms with van der Waals surface area (Å²) in [5.74, 6) is -0.272. The molecule has 2 rings (SSSR count). The Balaban J connectivity index is 2.29. The second-order valence-electron chi connectivity index (χ2n) is 4.33. The van der Waals surface area contributed by atoms with E-state index in [4.69, 9.17) is 11.6 Å². The number of rotatable bonds is 5. The summed E-state index contributed by atoms with van der Waals surface area (Å²) in [6, 6.07) is 4.64. The third-order valence-electron chi connectivity index (χ3n) is 2.84. The largest absolute Gasteiger partial charge is 0.310 e. The monoisotopic (exact) mass is 298 g/mol. The van der Waals surface area contributed by atoms with Crippen molar-refractivity contribution in [3.8, 4) is 0 Å². The summed E-state index contributed by atoms with van der Waals surface area (Å²) in [7, 11) is 0. The van der Waals surface area contributed by atoms with Crippen molar-refractivity contribution in [2.75, 3.05) is 6.54 Å². The Morgan fingerprint density at radius 2 is 2.26 bits per heavy atom. The van der Waals surface area contributed by atoms with Crippen LogP contribution in [0.1, 0.15) is 29.2 Å². The number of hydrogen-bond donors (Lipinski definition) is 1. The molecule has 0 bridgehead atoms. The highest BCUT2D eigenvalue weighted by atomic mass is 35.5. The fourth-order valence-electron chi connectivity index (χ4n) is 2.04. The van der Waals surface area contributed by atoms with E-state index in [1.165, 1.54) is 6.07 Å². The van der Waals surface area contributed by atoms with Crippen LogP contribution >= 0.6 is 22.9 Å². The number of nitrogens with zero attached hydrogens (tertiary/aromatic N) is 1. The Kier molecular flexibility index (Phi) is 4.91. The van der Waals surface area contributed by atoms with Gasteiger partial charge in [-0.25, -0.2) is 9.37 Å². The summed E-state index contributed by atoms with van der Waals surface area (Å²) in [6.45, 7) is 4.70. The molecule has 2 aromatic rings. The van der Waals surface area contributed by atoms with Crippen LogP contribution in [0.5, 0.6) is 0 Å². The number of hydrogen-bond acceptors (Lipinski definition) is 3. The molecule has 0 aliphatic heterocycles. The molecule has 1 atom stereocenters. The minimum Gasteiger partial charge on any atom is -0.310 e. The van der Waals surface area contributed by atoms with E-state index in [1.54, 1.807) is 23.5 Å². The second-order valence-corrected chi connectivity index (χ2v) is 5.68. The Bertz CT molecular complexity index is 536. The van der Waals surface area contributed by atoms with Crippen LogP contribution in [0, 0.1) is 12.7 Å². The molecule has 1 unspecified atom stereocenters. The first-order valence-corrected chi connectivity index (χ1v) is 7.46. The second kappa shape index (κ2) is 6.46. The van der Waals surface area contributed by atoms with E-state index in [-0.39, 0.29) is 11.9 Å². The summed E-state index contributed by atoms with van der Waals surface area (Å²) in [6.07, 6.45) is 0.646. The van der Waals surface area contributed by atoms with E-state index in [9.17, 15) is 4.39 Å². The van der Waals surface area contributed by atoms with Gasteiger partial charge in [-0.05, 0) is 25.6 Å². The van der Waals surface area contributed by atoms with Gasteiger partial charge in [-0.1, -0.05) is 24.6 Å². The Labute approximate surface area is 121 Å². The maximum absolute atomic E-state index is 14.0. The molecule has 0 radical (unpaired) electrons. The van der Waals surface area contributed by atoms with Crippen molar-refractivity contribution >= 4 is 22.9 Å². The number of aryl methyl sites for hydroxylation is 1. The van der Waals surface area contributed by atoms with Crippen LogP contribution in [0.15, 0.2) is 23.6 Å². The lowest BCUT2D eigenvalue weighted by Crippen LogP contribution is -2.24. The van der Waals surface area contributed by atoms with Crippen LogP contribution in [0.4, 0.5) is 4.39 Å². The molecule has 0 saturated heterocycles. The molecule has 0 aliphatic rings. The first kappa shape index (κ1) is 14.4. The molecule has 1 aromatic carbocycles. The lowest BCUT2D eigenvalue weighted by Gasteiger charge is -2.19. The number of nitrogens with one attached hydrogen (secondary N) is 1. The summed E-state index contributed by atoms with van der Waals surface area (Å²) in [4.78, 5) is 4.43. The molecule has 1 aromatic heterocycles. The average Bonchev–Trinajstić information content (AvgIpc) is 2.75. The van der Waals surface area contributed by atoms with Gasteiger partial charge in [0.2, 0.25) is 0 Å². The lowest BCUT2D eigenvalue weighted by molar-refractivity contribution is 0.509. The highest BCUT2D eigenvalue weighted by Crippen LogP contribution is 2.29. The summed E-state index contributed by atoms with van der Waals surface area (Å²) >= 11 is 7.73. The highest BCUT2D eigenvalue weighted by molar-refractivity contribution is 7.09. The zero-order chi connectivity index (χ0) is 13.8. The van der Waals surface area contributed by atoms with Crippen molar-refractivity contribution in [1.82, 2.24) is 10.3 Å². The zero-order valence-electron chi connectivity index (χ0n) is 10.9. The Hall–Kier alpha value is -0.970. The minimum absolute atomic E-state index is 0.149. The number of benzene rings is 1. The molecule has 102 valence electrons. The standard InChI is InChI=1S/C14H16ClFN2S/c1-3-17-12(7-13-18-9(2)8-19-13)14-10(15)5-4-6-11(14)16/h4-6,8,12,17H,3,7H2,1-2H3. The normalized spacial score (nSPS) is 12.6. The van der Waals surface area contributed by atoms with Gasteiger partial charge >= 0.3 is 0 Å². The molecule has 0 fully saturated rings. The molecule has 2 nitrogen and oxygen atoms in total. The molecule has 19 heavy (non-hydrogen) atoms. The van der Waals surface area contributed by atoms with Gasteiger partial charge in [-0.2, -0.15) is 0 Å². The van der Waals surface area contributed by atoms with Gasteiger partial charge in [0.25, 0.3) is 0 Å². The van der Waals surface area contributed by atoms with Crippen LogP contribution in [0.25, 0.3) is 0 Å². The van der Waals surface area contributed by atoms with Gasteiger partial charge in [-0.15, -0.1) is 11.3 Å². The number of halogens is 2. The third-order valence-corrected chi connectivity index (χ3v) is 4.16. The summed E-state index contributed by atoms with van der Waals surface area (Å²) in [5, 5.41) is 6.73. The van der Waals surface area contributed by atoms with Crippen LogP contribution in [0.2, 0.25) is 5.02 Å². The topological polar surface area (TPSA) is 24.9 Å². The molecule has 0 saturated carbocycles. The first-order chi connectivity index (χ1) is 9.11. The van der Waals surface area contributed by atoms with E-state index in [1.807, 2.05) is 19.2 Å². The molecule has 1 heterocycles. The van der Waals surface area contributed by atoms with Crippen molar-refractivity contribution in [2.24, 2.45) is 0 Å². The summed E-state index contributed by atoms with van der Waals surface area (Å²) < 4.78 is 14.0. The van der Waals surface area contributed by atoms with Crippen molar-refractivity contribution in [3.05, 3.63) is 50.7 Å². The molecule has 0 spiro atoms. The van der Waals surface area contributed by atoms with E-state index >= 15 is 0 Å². The predicted molar refractivity (Wildman–Crippen MR) is 78.4 cm³/mol. The van der Waals surface area contributed by atoms with Gasteiger partial charge in [0.1, 0.15) is 5.82 Å². The van der Waals surface area contributed by atoms with Gasteiger partial charge in [-0.3, -0.25) is 0 Å².